The van der Waals surface area contributed by atoms with Crippen LogP contribution in [-0.2, 0) is 28.1 Å². The lowest BCUT2D eigenvalue weighted by molar-refractivity contribution is -0.125. The molecule has 0 saturated heterocycles. The van der Waals surface area contributed by atoms with E-state index in [0.29, 0.717) is 16.4 Å². The van der Waals surface area contributed by atoms with Crippen LogP contribution in [0.3, 0.4) is 0 Å². The average Bonchev–Trinajstić information content (AvgIpc) is 3.24. The number of benzene rings is 2. The molecule has 0 aliphatic carbocycles. The van der Waals surface area contributed by atoms with Gasteiger partial charge in [0, 0.05) is 22.7 Å². The zero-order chi connectivity index (χ0) is 21.6. The minimum Gasteiger partial charge on any atom is -0.445 e. The number of hydrogen-bond donors (Lipinski definition) is 4. The monoisotopic (exact) mass is 429 g/mol. The number of hydrogen-bond acceptors (Lipinski definition) is 7. The van der Waals surface area contributed by atoms with E-state index in [1.807, 2.05) is 30.3 Å². The lowest BCUT2D eigenvalue weighted by atomic mass is 9.83. The Kier molecular flexibility index (Phi) is 6.48. The fraction of sp³-hybridized carbons (Fsp3) is 0.211. The van der Waals surface area contributed by atoms with E-state index >= 15 is 0 Å². The van der Waals surface area contributed by atoms with Crippen LogP contribution in [0.5, 0.6) is 0 Å². The minimum atomic E-state index is -1.67. The number of carbonyl (C=O) groups is 2. The third-order valence-electron chi connectivity index (χ3n) is 4.55. The molecule has 1 atom stereocenters. The molecule has 2 amide bonds. The van der Waals surface area contributed by atoms with Gasteiger partial charge in [-0.3, -0.25) is 4.79 Å². The van der Waals surface area contributed by atoms with Crippen molar-refractivity contribution < 1.29 is 14.3 Å². The van der Waals surface area contributed by atoms with Gasteiger partial charge in [-0.2, -0.15) is 0 Å². The Morgan fingerprint density at radius 1 is 1.20 bits per heavy atom. The number of nitrogens with zero attached hydrogens (tertiary/aromatic N) is 3. The molecule has 10 nitrogen and oxygen atoms in total. The zero-order valence-corrected chi connectivity index (χ0v) is 16.6. The molecule has 0 spiro atoms. The van der Waals surface area contributed by atoms with E-state index in [1.165, 1.54) is 6.07 Å². The summed E-state index contributed by atoms with van der Waals surface area (Å²) >= 11 is 5.99. The quantitative estimate of drug-likeness (QED) is 0.396. The van der Waals surface area contributed by atoms with Gasteiger partial charge in [0.1, 0.15) is 18.0 Å². The summed E-state index contributed by atoms with van der Waals surface area (Å²) in [6, 6.07) is 13.7. The minimum absolute atomic E-state index is 0.0175. The second-order valence-electron chi connectivity index (χ2n) is 6.54. The lowest BCUT2D eigenvalue weighted by Gasteiger charge is -2.32. The first-order valence-electron chi connectivity index (χ1n) is 8.97. The third-order valence-corrected chi connectivity index (χ3v) is 4.78. The lowest BCUT2D eigenvalue weighted by Crippen LogP contribution is -2.55. The molecule has 6 N–H and O–H groups in total. The molecule has 2 aromatic carbocycles. The van der Waals surface area contributed by atoms with Crippen LogP contribution in [0.15, 0.2) is 48.5 Å². The molecule has 0 aliphatic heterocycles. The van der Waals surface area contributed by atoms with Crippen molar-refractivity contribution in [2.45, 2.75) is 25.0 Å². The van der Waals surface area contributed by atoms with E-state index in [2.05, 4.69) is 25.9 Å². The van der Waals surface area contributed by atoms with Crippen molar-refractivity contribution in [2.24, 2.45) is 5.73 Å². The van der Waals surface area contributed by atoms with E-state index in [9.17, 15) is 9.59 Å². The average molecular weight is 430 g/mol. The number of rotatable bonds is 8. The van der Waals surface area contributed by atoms with Crippen LogP contribution in [0.1, 0.15) is 23.4 Å². The number of aromatic amines is 1. The molecule has 0 radical (unpaired) electrons. The van der Waals surface area contributed by atoms with Crippen LogP contribution >= 0.6 is 11.6 Å². The number of halogens is 1. The summed E-state index contributed by atoms with van der Waals surface area (Å²) < 4.78 is 5.28. The number of aromatic nitrogens is 4. The van der Waals surface area contributed by atoms with E-state index < -0.39 is 17.5 Å². The number of primary amides is 1. The second kappa shape index (κ2) is 9.23. The fourth-order valence-electron chi connectivity index (χ4n) is 3.03. The first kappa shape index (κ1) is 21.1. The van der Waals surface area contributed by atoms with Crippen LogP contribution in [0.2, 0.25) is 5.02 Å². The largest absolute Gasteiger partial charge is 0.445 e. The molecule has 0 fully saturated rings. The molecule has 0 saturated carbocycles. The first-order chi connectivity index (χ1) is 14.4. The molecule has 3 rings (SSSR count). The van der Waals surface area contributed by atoms with Gasteiger partial charge in [0.15, 0.2) is 0 Å². The summed E-state index contributed by atoms with van der Waals surface area (Å²) in [4.78, 5) is 25.2. The Bertz CT molecular complexity index is 1010. The van der Waals surface area contributed by atoms with Gasteiger partial charge in [-0.15, -0.1) is 5.10 Å². The molecule has 1 aromatic heterocycles. The zero-order valence-electron chi connectivity index (χ0n) is 15.8. The standard InChI is InChI=1S/C19H20ClN7O3/c20-13-6-7-14(15(21)10-13)19(17(22)28,9-8-16-24-26-27-25-16)23-18(29)30-11-12-4-2-1-3-5-12/h1-7,10H,8-9,11,21H2,(H2,22,28)(H,23,29)(H,24,25,26,27)/t19-/m0/s1. The maximum atomic E-state index is 12.6. The predicted molar refractivity (Wildman–Crippen MR) is 109 cm³/mol. The molecule has 0 bridgehead atoms. The van der Waals surface area contributed by atoms with E-state index in [4.69, 9.17) is 27.8 Å². The molecule has 0 unspecified atom stereocenters. The molecular formula is C19H20ClN7O3. The number of amides is 2. The Morgan fingerprint density at radius 3 is 2.60 bits per heavy atom. The topological polar surface area (TPSA) is 162 Å². The van der Waals surface area contributed by atoms with Crippen molar-refractivity contribution in [3.63, 3.8) is 0 Å². The van der Waals surface area contributed by atoms with Crippen molar-refractivity contribution in [3.8, 4) is 0 Å². The van der Waals surface area contributed by atoms with Crippen LogP contribution in [0, 0.1) is 0 Å². The molecule has 0 aliphatic rings. The number of carbonyl (C=O) groups excluding carboxylic acids is 2. The number of nitrogen functional groups attached to an aromatic ring is 1. The maximum absolute atomic E-state index is 12.6. The number of tetrazole rings is 1. The summed E-state index contributed by atoms with van der Waals surface area (Å²) in [7, 11) is 0. The van der Waals surface area contributed by atoms with Gasteiger partial charge >= 0.3 is 6.09 Å². The van der Waals surface area contributed by atoms with Crippen molar-refractivity contribution in [3.05, 3.63) is 70.5 Å². The van der Waals surface area contributed by atoms with Crippen LogP contribution in [0.4, 0.5) is 10.5 Å². The first-order valence-corrected chi connectivity index (χ1v) is 9.35. The number of nitrogens with one attached hydrogen (secondary N) is 2. The highest BCUT2D eigenvalue weighted by Crippen LogP contribution is 2.33. The van der Waals surface area contributed by atoms with Gasteiger partial charge in [-0.1, -0.05) is 48.0 Å². The number of H-pyrrole nitrogens is 1. The third kappa shape index (κ3) is 4.84. The molecule has 1 heterocycles. The maximum Gasteiger partial charge on any atom is 0.408 e. The van der Waals surface area contributed by atoms with Crippen LogP contribution in [0.25, 0.3) is 0 Å². The summed E-state index contributed by atoms with van der Waals surface area (Å²) in [6.07, 6.45) is -0.592. The van der Waals surface area contributed by atoms with E-state index in [-0.39, 0.29) is 25.1 Å². The summed E-state index contributed by atoms with van der Waals surface area (Å²) in [5.74, 6) is -0.409. The molecular weight excluding hydrogens is 410 g/mol. The molecule has 30 heavy (non-hydrogen) atoms. The van der Waals surface area contributed by atoms with Crippen molar-refractivity contribution >= 4 is 29.3 Å². The van der Waals surface area contributed by atoms with Crippen LogP contribution < -0.4 is 16.8 Å². The van der Waals surface area contributed by atoms with Crippen molar-refractivity contribution in [1.29, 1.82) is 0 Å². The SMILES string of the molecule is NC(=O)[C@@](CCc1nnn[nH]1)(NC(=O)OCc1ccccc1)c1ccc(Cl)cc1N. The number of alkyl carbamates (subject to hydrolysis) is 1. The highest BCUT2D eigenvalue weighted by molar-refractivity contribution is 6.30. The van der Waals surface area contributed by atoms with Gasteiger partial charge in [-0.05, 0) is 34.5 Å². The van der Waals surface area contributed by atoms with Gasteiger partial charge in [-0.25, -0.2) is 9.89 Å². The van der Waals surface area contributed by atoms with Crippen molar-refractivity contribution in [1.82, 2.24) is 25.9 Å². The number of nitrogens with two attached hydrogens (primary N) is 2. The number of ether oxygens (including phenoxy) is 1. The van der Waals surface area contributed by atoms with Gasteiger partial charge in [0.2, 0.25) is 5.91 Å². The van der Waals surface area contributed by atoms with Gasteiger partial charge < -0.3 is 21.5 Å². The molecule has 11 heteroatoms. The summed E-state index contributed by atoms with van der Waals surface area (Å²) in [6.45, 7) is 0.0175. The molecule has 156 valence electrons. The predicted octanol–water partition coefficient (Wildman–Crippen LogP) is 1.68. The van der Waals surface area contributed by atoms with Gasteiger partial charge in [0.25, 0.3) is 0 Å². The van der Waals surface area contributed by atoms with E-state index in [1.54, 1.807) is 12.1 Å². The van der Waals surface area contributed by atoms with Crippen molar-refractivity contribution in [2.75, 3.05) is 5.73 Å². The molecule has 3 aromatic rings. The second-order valence-corrected chi connectivity index (χ2v) is 6.97. The Hall–Kier alpha value is -3.66. The number of aryl methyl sites for hydroxylation is 1. The summed E-state index contributed by atoms with van der Waals surface area (Å²) in [5.41, 5.74) is 11.5. The normalized spacial score (nSPS) is 12.7. The Balaban J connectivity index is 1.88. The highest BCUT2D eigenvalue weighted by Gasteiger charge is 2.42. The smallest absolute Gasteiger partial charge is 0.408 e. The van der Waals surface area contributed by atoms with E-state index in [0.717, 1.165) is 5.56 Å². The van der Waals surface area contributed by atoms with Gasteiger partial charge in [0.05, 0.1) is 0 Å². The fourth-order valence-corrected chi connectivity index (χ4v) is 3.21. The van der Waals surface area contributed by atoms with Crippen LogP contribution in [-0.4, -0.2) is 32.6 Å². The Labute approximate surface area is 176 Å². The highest BCUT2D eigenvalue weighted by atomic mass is 35.5. The summed E-state index contributed by atoms with van der Waals surface area (Å²) in [5, 5.41) is 16.4. The number of anilines is 1. The Morgan fingerprint density at radius 2 is 1.97 bits per heavy atom.